The highest BCUT2D eigenvalue weighted by Crippen LogP contribution is 2.14. The van der Waals surface area contributed by atoms with Gasteiger partial charge < -0.3 is 4.74 Å². The summed E-state index contributed by atoms with van der Waals surface area (Å²) >= 11 is 2.28. The molecule has 0 aliphatic heterocycles. The number of pyridine rings is 1. The Morgan fingerprint density at radius 2 is 1.94 bits per heavy atom. The molecule has 0 saturated carbocycles. The maximum absolute atomic E-state index is 5.67. The molecule has 2 aromatic rings. The van der Waals surface area contributed by atoms with Gasteiger partial charge in [0, 0.05) is 22.4 Å². The first kappa shape index (κ1) is 11.4. The van der Waals surface area contributed by atoms with E-state index in [1.807, 2.05) is 30.3 Å². The molecule has 0 atom stereocenters. The molecule has 0 bridgehead atoms. The van der Waals surface area contributed by atoms with Crippen molar-refractivity contribution in [1.29, 1.82) is 0 Å². The van der Waals surface area contributed by atoms with Gasteiger partial charge in [0.1, 0.15) is 5.75 Å². The molecule has 0 N–H and O–H groups in total. The number of rotatable bonds is 4. The third-order valence-electron chi connectivity index (χ3n) is 2.20. The zero-order valence-corrected chi connectivity index (χ0v) is 10.9. The third-order valence-corrected chi connectivity index (χ3v) is 2.88. The van der Waals surface area contributed by atoms with Crippen LogP contribution in [0.2, 0.25) is 0 Å². The number of hydrogen-bond donors (Lipinski definition) is 0. The normalized spacial score (nSPS) is 10.1. The molecule has 0 radical (unpaired) electrons. The maximum atomic E-state index is 5.67. The van der Waals surface area contributed by atoms with Crippen LogP contribution in [0.3, 0.4) is 0 Å². The van der Waals surface area contributed by atoms with E-state index in [1.165, 1.54) is 9.13 Å². The second kappa shape index (κ2) is 5.84. The van der Waals surface area contributed by atoms with E-state index in [0.717, 1.165) is 12.2 Å². The van der Waals surface area contributed by atoms with Crippen LogP contribution in [0.15, 0.2) is 48.8 Å². The van der Waals surface area contributed by atoms with E-state index in [1.54, 1.807) is 12.4 Å². The molecular weight excluding hydrogens is 313 g/mol. The Morgan fingerprint density at radius 3 is 2.69 bits per heavy atom. The highest BCUT2D eigenvalue weighted by Gasteiger charge is 1.95. The Hall–Kier alpha value is -1.10. The Balaban J connectivity index is 1.85. The Bertz CT molecular complexity index is 445. The zero-order chi connectivity index (χ0) is 11.2. The van der Waals surface area contributed by atoms with E-state index >= 15 is 0 Å². The van der Waals surface area contributed by atoms with Crippen LogP contribution in [0.4, 0.5) is 0 Å². The van der Waals surface area contributed by atoms with Crippen LogP contribution >= 0.6 is 22.6 Å². The molecule has 1 aromatic carbocycles. The average molecular weight is 325 g/mol. The fraction of sp³-hybridized carbons (Fsp3) is 0.154. The molecule has 0 unspecified atom stereocenters. The van der Waals surface area contributed by atoms with Crippen LogP contribution in [0.25, 0.3) is 0 Å². The molecule has 3 heteroatoms. The predicted molar refractivity (Wildman–Crippen MR) is 72.6 cm³/mol. The van der Waals surface area contributed by atoms with Crippen LogP contribution in [0.5, 0.6) is 5.75 Å². The minimum atomic E-state index is 0.699. The molecule has 2 rings (SSSR count). The van der Waals surface area contributed by atoms with Crippen molar-refractivity contribution in [3.8, 4) is 5.75 Å². The lowest BCUT2D eigenvalue weighted by atomic mass is 10.2. The fourth-order valence-electron chi connectivity index (χ4n) is 1.39. The molecule has 2 nitrogen and oxygen atoms in total. The van der Waals surface area contributed by atoms with Gasteiger partial charge in [0.2, 0.25) is 0 Å². The van der Waals surface area contributed by atoms with E-state index in [2.05, 4.69) is 33.6 Å². The van der Waals surface area contributed by atoms with E-state index in [-0.39, 0.29) is 0 Å². The van der Waals surface area contributed by atoms with Gasteiger partial charge in [0.25, 0.3) is 0 Å². The quantitative estimate of drug-likeness (QED) is 0.805. The molecule has 16 heavy (non-hydrogen) atoms. The SMILES string of the molecule is Ic1cccc(OCCc2ccncc2)c1. The summed E-state index contributed by atoms with van der Waals surface area (Å²) in [5.74, 6) is 0.931. The smallest absolute Gasteiger partial charge is 0.120 e. The van der Waals surface area contributed by atoms with Gasteiger partial charge in [-0.25, -0.2) is 0 Å². The number of halogens is 1. The maximum Gasteiger partial charge on any atom is 0.120 e. The van der Waals surface area contributed by atoms with E-state index in [4.69, 9.17) is 4.74 Å². The summed E-state index contributed by atoms with van der Waals surface area (Å²) in [6, 6.07) is 12.1. The molecule has 82 valence electrons. The Kier molecular flexibility index (Phi) is 4.16. The molecular formula is C13H12INO. The first-order chi connectivity index (χ1) is 7.84. The van der Waals surface area contributed by atoms with Crippen molar-refractivity contribution in [3.05, 3.63) is 57.9 Å². The van der Waals surface area contributed by atoms with Gasteiger partial charge in [-0.1, -0.05) is 6.07 Å². The van der Waals surface area contributed by atoms with Crippen LogP contribution < -0.4 is 4.74 Å². The first-order valence-corrected chi connectivity index (χ1v) is 6.20. The first-order valence-electron chi connectivity index (χ1n) is 5.12. The number of nitrogens with zero attached hydrogens (tertiary/aromatic N) is 1. The highest BCUT2D eigenvalue weighted by atomic mass is 127. The predicted octanol–water partition coefficient (Wildman–Crippen LogP) is 3.31. The molecule has 0 saturated heterocycles. The van der Waals surface area contributed by atoms with Gasteiger partial charge in [-0.15, -0.1) is 0 Å². The van der Waals surface area contributed by atoms with Gasteiger partial charge in [0.05, 0.1) is 6.61 Å². The van der Waals surface area contributed by atoms with E-state index < -0.39 is 0 Å². The Morgan fingerprint density at radius 1 is 1.12 bits per heavy atom. The van der Waals surface area contributed by atoms with Crippen molar-refractivity contribution in [2.75, 3.05) is 6.61 Å². The van der Waals surface area contributed by atoms with Gasteiger partial charge in [-0.05, 0) is 58.5 Å². The topological polar surface area (TPSA) is 22.1 Å². The lowest BCUT2D eigenvalue weighted by molar-refractivity contribution is 0.321. The molecule has 0 fully saturated rings. The summed E-state index contributed by atoms with van der Waals surface area (Å²) in [5.41, 5.74) is 1.25. The lowest BCUT2D eigenvalue weighted by Gasteiger charge is -2.06. The van der Waals surface area contributed by atoms with Gasteiger partial charge in [-0.2, -0.15) is 0 Å². The second-order valence-electron chi connectivity index (χ2n) is 3.41. The van der Waals surface area contributed by atoms with Crippen LogP contribution in [-0.2, 0) is 6.42 Å². The standard InChI is InChI=1S/C13H12INO/c14-12-2-1-3-13(10-12)16-9-6-11-4-7-15-8-5-11/h1-5,7-8,10H,6,9H2. The zero-order valence-electron chi connectivity index (χ0n) is 8.77. The summed E-state index contributed by atoms with van der Waals surface area (Å²) < 4.78 is 6.86. The van der Waals surface area contributed by atoms with Crippen molar-refractivity contribution < 1.29 is 4.74 Å². The third kappa shape index (κ3) is 3.48. The second-order valence-corrected chi connectivity index (χ2v) is 4.66. The van der Waals surface area contributed by atoms with Gasteiger partial charge in [-0.3, -0.25) is 4.98 Å². The molecule has 0 aliphatic carbocycles. The van der Waals surface area contributed by atoms with Crippen molar-refractivity contribution in [1.82, 2.24) is 4.98 Å². The average Bonchev–Trinajstić information content (AvgIpc) is 2.30. The van der Waals surface area contributed by atoms with Crippen molar-refractivity contribution >= 4 is 22.6 Å². The van der Waals surface area contributed by atoms with Gasteiger partial charge in [0.15, 0.2) is 0 Å². The molecule has 1 heterocycles. The number of benzene rings is 1. The van der Waals surface area contributed by atoms with Crippen molar-refractivity contribution in [2.45, 2.75) is 6.42 Å². The minimum Gasteiger partial charge on any atom is -0.493 e. The van der Waals surface area contributed by atoms with Crippen LogP contribution in [-0.4, -0.2) is 11.6 Å². The molecule has 1 aromatic heterocycles. The fourth-order valence-corrected chi connectivity index (χ4v) is 1.91. The monoisotopic (exact) mass is 325 g/mol. The summed E-state index contributed by atoms with van der Waals surface area (Å²) in [6.07, 6.45) is 4.52. The number of hydrogen-bond acceptors (Lipinski definition) is 2. The Labute approximate surface area is 109 Å². The summed E-state index contributed by atoms with van der Waals surface area (Å²) in [4.78, 5) is 3.98. The van der Waals surface area contributed by atoms with Crippen LogP contribution in [0, 0.1) is 3.57 Å². The van der Waals surface area contributed by atoms with Crippen LogP contribution in [0.1, 0.15) is 5.56 Å². The molecule has 0 spiro atoms. The molecule has 0 aliphatic rings. The molecule has 0 amide bonds. The summed E-state index contributed by atoms with van der Waals surface area (Å²) in [5, 5.41) is 0. The van der Waals surface area contributed by atoms with Crippen molar-refractivity contribution in [2.24, 2.45) is 0 Å². The minimum absolute atomic E-state index is 0.699. The number of ether oxygens (including phenoxy) is 1. The largest absolute Gasteiger partial charge is 0.493 e. The highest BCUT2D eigenvalue weighted by molar-refractivity contribution is 14.1. The van der Waals surface area contributed by atoms with Crippen molar-refractivity contribution in [3.63, 3.8) is 0 Å². The van der Waals surface area contributed by atoms with E-state index in [0.29, 0.717) is 6.61 Å². The lowest BCUT2D eigenvalue weighted by Crippen LogP contribution is -2.01. The van der Waals surface area contributed by atoms with Gasteiger partial charge >= 0.3 is 0 Å². The summed E-state index contributed by atoms with van der Waals surface area (Å²) in [6.45, 7) is 0.699. The number of aromatic nitrogens is 1. The summed E-state index contributed by atoms with van der Waals surface area (Å²) in [7, 11) is 0. The van der Waals surface area contributed by atoms with E-state index in [9.17, 15) is 0 Å².